The summed E-state index contributed by atoms with van der Waals surface area (Å²) < 4.78 is 2.28. The minimum Gasteiger partial charge on any atom is -0.352 e. The standard InChI is InChI=1S/C25H26N6O/c26-12-10-17-6-8-19(9-7-17)31-22(14-23(32)28-15-18-4-2-1-3-5-18)30-21-16-29-25-20(24(21)31)11-13-27-25/h1-5,11,13,16-17,19H,6-10,14-15H2,(H,27,29)(H,28,32)/t17-,19+. The Morgan fingerprint density at radius 3 is 2.78 bits per heavy atom. The number of carbonyl (C=O) groups excluding carboxylic acids is 1. The molecule has 7 heteroatoms. The minimum atomic E-state index is -0.0400. The van der Waals surface area contributed by atoms with Crippen molar-refractivity contribution in [3.63, 3.8) is 0 Å². The highest BCUT2D eigenvalue weighted by atomic mass is 16.1. The van der Waals surface area contributed by atoms with Gasteiger partial charge in [0.25, 0.3) is 0 Å². The third kappa shape index (κ3) is 3.96. The van der Waals surface area contributed by atoms with E-state index in [0.29, 0.717) is 18.9 Å². The predicted molar refractivity (Wildman–Crippen MR) is 123 cm³/mol. The molecule has 1 aromatic carbocycles. The molecule has 4 aromatic rings. The van der Waals surface area contributed by atoms with Crippen molar-refractivity contribution >= 4 is 28.0 Å². The number of benzene rings is 1. The van der Waals surface area contributed by atoms with Crippen molar-refractivity contribution in [2.45, 2.75) is 51.1 Å². The van der Waals surface area contributed by atoms with Crippen LogP contribution in [0.15, 0.2) is 48.8 Å². The van der Waals surface area contributed by atoms with Crippen LogP contribution in [0.4, 0.5) is 0 Å². The highest BCUT2D eigenvalue weighted by molar-refractivity contribution is 6.01. The first-order valence-corrected chi connectivity index (χ1v) is 11.2. The number of hydrogen-bond donors (Lipinski definition) is 2. The van der Waals surface area contributed by atoms with Crippen LogP contribution in [0.1, 0.15) is 49.5 Å². The maximum atomic E-state index is 12.8. The molecule has 3 heterocycles. The van der Waals surface area contributed by atoms with Gasteiger partial charge in [0.2, 0.25) is 5.91 Å². The highest BCUT2D eigenvalue weighted by Gasteiger charge is 2.27. The lowest BCUT2D eigenvalue weighted by atomic mass is 9.84. The van der Waals surface area contributed by atoms with E-state index in [9.17, 15) is 4.79 Å². The highest BCUT2D eigenvalue weighted by Crippen LogP contribution is 2.37. The lowest BCUT2D eigenvalue weighted by Gasteiger charge is -2.30. The summed E-state index contributed by atoms with van der Waals surface area (Å²) in [6.07, 6.45) is 8.57. The number of fused-ring (bicyclic) bond motifs is 3. The smallest absolute Gasteiger partial charge is 0.227 e. The van der Waals surface area contributed by atoms with Crippen LogP contribution in [0.5, 0.6) is 0 Å². The Hall–Kier alpha value is -3.66. The van der Waals surface area contributed by atoms with Crippen LogP contribution in [0.2, 0.25) is 0 Å². The number of H-pyrrole nitrogens is 1. The molecular weight excluding hydrogens is 400 g/mol. The Morgan fingerprint density at radius 1 is 1.19 bits per heavy atom. The summed E-state index contributed by atoms with van der Waals surface area (Å²) in [5, 5.41) is 13.1. The molecule has 1 aliphatic rings. The van der Waals surface area contributed by atoms with Crippen molar-refractivity contribution in [1.82, 2.24) is 24.8 Å². The number of nitrogens with one attached hydrogen (secondary N) is 2. The molecule has 0 unspecified atom stereocenters. The topological polar surface area (TPSA) is 99.4 Å². The number of nitrogens with zero attached hydrogens (tertiary/aromatic N) is 4. The Morgan fingerprint density at radius 2 is 2.00 bits per heavy atom. The van der Waals surface area contributed by atoms with Crippen LogP contribution in [-0.4, -0.2) is 25.4 Å². The lowest BCUT2D eigenvalue weighted by Crippen LogP contribution is -2.27. The monoisotopic (exact) mass is 426 g/mol. The largest absolute Gasteiger partial charge is 0.352 e. The second-order valence-corrected chi connectivity index (χ2v) is 8.61. The van der Waals surface area contributed by atoms with Gasteiger partial charge in [-0.15, -0.1) is 0 Å². The van der Waals surface area contributed by atoms with E-state index in [-0.39, 0.29) is 18.4 Å². The Kier molecular flexibility index (Phi) is 5.59. The average Bonchev–Trinajstić information content (AvgIpc) is 3.43. The molecule has 1 fully saturated rings. The third-order valence-electron chi connectivity index (χ3n) is 6.52. The summed E-state index contributed by atoms with van der Waals surface area (Å²) in [7, 11) is 0. The zero-order valence-electron chi connectivity index (χ0n) is 17.9. The second-order valence-electron chi connectivity index (χ2n) is 8.61. The van der Waals surface area contributed by atoms with E-state index in [0.717, 1.165) is 59.1 Å². The van der Waals surface area contributed by atoms with Gasteiger partial charge in [0, 0.05) is 30.6 Å². The van der Waals surface area contributed by atoms with Crippen molar-refractivity contribution in [2.24, 2.45) is 5.92 Å². The van der Waals surface area contributed by atoms with Gasteiger partial charge in [-0.05, 0) is 43.2 Å². The summed E-state index contributed by atoms with van der Waals surface area (Å²) in [6, 6.07) is 14.5. The van der Waals surface area contributed by atoms with Crippen LogP contribution in [-0.2, 0) is 17.8 Å². The molecule has 1 amide bonds. The van der Waals surface area contributed by atoms with Crippen molar-refractivity contribution < 1.29 is 4.79 Å². The number of nitriles is 1. The number of aromatic amines is 1. The molecule has 162 valence electrons. The van der Waals surface area contributed by atoms with E-state index in [1.165, 1.54) is 0 Å². The van der Waals surface area contributed by atoms with E-state index in [1.807, 2.05) is 42.6 Å². The fourth-order valence-corrected chi connectivity index (χ4v) is 4.90. The van der Waals surface area contributed by atoms with Crippen LogP contribution < -0.4 is 5.32 Å². The van der Waals surface area contributed by atoms with E-state index in [2.05, 4.69) is 25.9 Å². The van der Waals surface area contributed by atoms with Crippen LogP contribution in [0, 0.1) is 17.2 Å². The fraction of sp³-hybridized carbons (Fsp3) is 0.360. The van der Waals surface area contributed by atoms with E-state index in [4.69, 9.17) is 10.2 Å². The Balaban J connectivity index is 1.44. The molecule has 3 aromatic heterocycles. The molecule has 0 spiro atoms. The van der Waals surface area contributed by atoms with Crippen molar-refractivity contribution in [1.29, 1.82) is 5.26 Å². The van der Waals surface area contributed by atoms with E-state index < -0.39 is 0 Å². The minimum absolute atomic E-state index is 0.0400. The maximum absolute atomic E-state index is 12.8. The maximum Gasteiger partial charge on any atom is 0.227 e. The molecule has 5 rings (SSSR count). The second kappa shape index (κ2) is 8.83. The average molecular weight is 427 g/mol. The molecule has 0 aliphatic heterocycles. The zero-order chi connectivity index (χ0) is 21.9. The lowest BCUT2D eigenvalue weighted by molar-refractivity contribution is -0.120. The first kappa shape index (κ1) is 20.3. The molecule has 0 radical (unpaired) electrons. The summed E-state index contributed by atoms with van der Waals surface area (Å²) in [4.78, 5) is 25.3. The SMILES string of the molecule is N#CC[C@H]1CC[C@@H](n2c(CC(=O)NCc3ccccc3)nc3cnc4[nH]ccc4c32)CC1. The molecule has 0 atom stereocenters. The van der Waals surface area contributed by atoms with Gasteiger partial charge in [0.05, 0.1) is 24.2 Å². The number of rotatable bonds is 6. The van der Waals surface area contributed by atoms with Gasteiger partial charge in [-0.25, -0.2) is 9.97 Å². The van der Waals surface area contributed by atoms with E-state index in [1.54, 1.807) is 6.20 Å². The predicted octanol–water partition coefficient (Wildman–Crippen LogP) is 4.42. The number of hydrogen-bond acceptors (Lipinski definition) is 4. The van der Waals surface area contributed by atoms with Crippen molar-refractivity contribution in [3.8, 4) is 6.07 Å². The molecule has 1 aliphatic carbocycles. The summed E-state index contributed by atoms with van der Waals surface area (Å²) in [6.45, 7) is 0.503. The molecule has 1 saturated carbocycles. The molecule has 0 bridgehead atoms. The summed E-state index contributed by atoms with van der Waals surface area (Å²) >= 11 is 0. The van der Waals surface area contributed by atoms with Gasteiger partial charge in [-0.2, -0.15) is 5.26 Å². The Bertz CT molecular complexity index is 1270. The number of aromatic nitrogens is 4. The van der Waals surface area contributed by atoms with Crippen LogP contribution in [0.25, 0.3) is 22.1 Å². The van der Waals surface area contributed by atoms with Gasteiger partial charge < -0.3 is 14.9 Å². The number of carbonyl (C=O) groups is 1. The summed E-state index contributed by atoms with van der Waals surface area (Å²) in [5.41, 5.74) is 3.77. The van der Waals surface area contributed by atoms with Crippen LogP contribution >= 0.6 is 0 Å². The van der Waals surface area contributed by atoms with Crippen LogP contribution in [0.3, 0.4) is 0 Å². The quantitative estimate of drug-likeness (QED) is 0.477. The third-order valence-corrected chi connectivity index (χ3v) is 6.52. The number of amides is 1. The molecule has 7 nitrogen and oxygen atoms in total. The fourth-order valence-electron chi connectivity index (χ4n) is 4.90. The molecule has 0 saturated heterocycles. The van der Waals surface area contributed by atoms with Crippen molar-refractivity contribution in [2.75, 3.05) is 0 Å². The van der Waals surface area contributed by atoms with Gasteiger partial charge in [-0.1, -0.05) is 30.3 Å². The van der Waals surface area contributed by atoms with Crippen molar-refractivity contribution in [3.05, 3.63) is 60.2 Å². The van der Waals surface area contributed by atoms with Gasteiger partial charge in [-0.3, -0.25) is 4.79 Å². The first-order valence-electron chi connectivity index (χ1n) is 11.2. The van der Waals surface area contributed by atoms with Gasteiger partial charge >= 0.3 is 0 Å². The normalized spacial score (nSPS) is 18.6. The van der Waals surface area contributed by atoms with Gasteiger partial charge in [0.15, 0.2) is 0 Å². The first-order chi connectivity index (χ1) is 15.7. The van der Waals surface area contributed by atoms with E-state index >= 15 is 0 Å². The summed E-state index contributed by atoms with van der Waals surface area (Å²) in [5.74, 6) is 1.21. The molecular formula is C25H26N6O. The Labute approximate surface area is 186 Å². The molecule has 32 heavy (non-hydrogen) atoms. The molecule has 2 N–H and O–H groups in total. The number of imidazole rings is 1. The van der Waals surface area contributed by atoms with Gasteiger partial charge in [0.1, 0.15) is 17.0 Å². The zero-order valence-corrected chi connectivity index (χ0v) is 17.9. The number of pyridine rings is 1.